The zero-order valence-electron chi connectivity index (χ0n) is 13.6. The fourth-order valence-electron chi connectivity index (χ4n) is 1.91. The second kappa shape index (κ2) is 7.93. The Morgan fingerprint density at radius 1 is 1.40 bits per heavy atom. The van der Waals surface area contributed by atoms with Gasteiger partial charge < -0.3 is 10.1 Å². The second-order valence-electron chi connectivity index (χ2n) is 5.09. The Balaban J connectivity index is 2.35. The molecule has 1 aromatic heterocycles. The maximum absolute atomic E-state index is 14.2. The molecule has 0 aliphatic heterocycles. The van der Waals surface area contributed by atoms with Gasteiger partial charge in [-0.15, -0.1) is 0 Å². The molecule has 2 aromatic rings. The number of nitrogens with zero attached hydrogens (tertiary/aromatic N) is 3. The summed E-state index contributed by atoms with van der Waals surface area (Å²) in [4.78, 5) is 35.0. The van der Waals surface area contributed by atoms with Crippen molar-refractivity contribution in [2.24, 2.45) is 7.05 Å². The van der Waals surface area contributed by atoms with Crippen LogP contribution < -0.4 is 16.6 Å². The highest BCUT2D eigenvalue weighted by atomic mass is 35.5. The third-order valence-corrected chi connectivity index (χ3v) is 3.55. The van der Waals surface area contributed by atoms with Gasteiger partial charge in [0.1, 0.15) is 18.4 Å². The molecule has 134 valence electrons. The Hall–Kier alpha value is -2.68. The number of benzene rings is 1. The number of rotatable bonds is 6. The molecule has 0 fully saturated rings. The molecular formula is C15H16ClFN4O4. The molecule has 0 unspecified atom stereocenters. The Labute approximate surface area is 146 Å². The van der Waals surface area contributed by atoms with Gasteiger partial charge in [0.2, 0.25) is 0 Å². The fourth-order valence-corrected chi connectivity index (χ4v) is 2.13. The molecule has 25 heavy (non-hydrogen) atoms. The molecule has 0 amide bonds. The van der Waals surface area contributed by atoms with E-state index in [9.17, 15) is 18.8 Å². The van der Waals surface area contributed by atoms with Crippen LogP contribution in [0.1, 0.15) is 13.3 Å². The normalized spacial score (nSPS) is 10.6. The molecule has 2 rings (SSSR count). The van der Waals surface area contributed by atoms with Crippen LogP contribution in [0.4, 0.5) is 10.1 Å². The van der Waals surface area contributed by atoms with Gasteiger partial charge in [-0.3, -0.25) is 14.2 Å². The van der Waals surface area contributed by atoms with Gasteiger partial charge in [-0.05, 0) is 18.6 Å². The van der Waals surface area contributed by atoms with Crippen molar-refractivity contribution in [3.8, 4) is 5.69 Å². The predicted molar refractivity (Wildman–Crippen MR) is 89.8 cm³/mol. The van der Waals surface area contributed by atoms with Crippen LogP contribution in [0.25, 0.3) is 5.69 Å². The van der Waals surface area contributed by atoms with Gasteiger partial charge in [-0.2, -0.15) is 9.78 Å². The minimum Gasteiger partial charge on any atom is -0.464 e. The number of esters is 1. The number of nitrogens with one attached hydrogen (secondary N) is 1. The van der Waals surface area contributed by atoms with Crippen molar-refractivity contribution in [1.82, 2.24) is 14.3 Å². The molecule has 8 nitrogen and oxygen atoms in total. The Bertz CT molecular complexity index is 909. The summed E-state index contributed by atoms with van der Waals surface area (Å²) in [5.74, 6) is -1.31. The van der Waals surface area contributed by atoms with Crippen LogP contribution in [-0.4, -0.2) is 33.5 Å². The minimum atomic E-state index is -0.818. The van der Waals surface area contributed by atoms with Gasteiger partial charge in [-0.1, -0.05) is 18.5 Å². The van der Waals surface area contributed by atoms with E-state index in [4.69, 9.17) is 16.3 Å². The van der Waals surface area contributed by atoms with Crippen molar-refractivity contribution in [2.75, 3.05) is 18.5 Å². The molecular weight excluding hydrogens is 355 g/mol. The van der Waals surface area contributed by atoms with Gasteiger partial charge in [0.15, 0.2) is 5.82 Å². The number of halogens is 2. The summed E-state index contributed by atoms with van der Waals surface area (Å²) in [6.07, 6.45) is 1.58. The van der Waals surface area contributed by atoms with E-state index in [2.05, 4.69) is 10.4 Å². The molecule has 10 heteroatoms. The molecule has 1 aromatic carbocycles. The number of anilines is 1. The second-order valence-corrected chi connectivity index (χ2v) is 5.50. The van der Waals surface area contributed by atoms with E-state index >= 15 is 0 Å². The predicted octanol–water partition coefficient (Wildman–Crippen LogP) is 1.09. The monoisotopic (exact) mass is 370 g/mol. The number of carbonyl (C=O) groups is 1. The van der Waals surface area contributed by atoms with Crippen molar-refractivity contribution in [3.05, 3.63) is 50.0 Å². The molecule has 1 heterocycles. The summed E-state index contributed by atoms with van der Waals surface area (Å²) in [5, 5.41) is 6.38. The smallest absolute Gasteiger partial charge is 0.352 e. The molecule has 1 N–H and O–H groups in total. The number of carbonyl (C=O) groups excluding carboxylic acids is 1. The number of hydrogen-bond acceptors (Lipinski definition) is 6. The molecule has 0 saturated carbocycles. The largest absolute Gasteiger partial charge is 0.464 e. The maximum atomic E-state index is 14.2. The van der Waals surface area contributed by atoms with Crippen LogP contribution in [0.3, 0.4) is 0 Å². The van der Waals surface area contributed by atoms with E-state index < -0.39 is 23.0 Å². The lowest BCUT2D eigenvalue weighted by Gasteiger charge is -2.12. The van der Waals surface area contributed by atoms with E-state index in [-0.39, 0.29) is 22.9 Å². The standard InChI is InChI=1S/C15H16ClFN4O4/c1-3-4-25-14(23)8-18-11-6-12(10(17)5-9(11)16)21-15(24)20(2)13(22)7-19-21/h5-7,18H,3-4,8H2,1-2H3. The molecule has 0 spiro atoms. The van der Waals surface area contributed by atoms with Gasteiger partial charge in [0.05, 0.1) is 17.3 Å². The van der Waals surface area contributed by atoms with Crippen LogP contribution in [0.15, 0.2) is 27.9 Å². The third-order valence-electron chi connectivity index (χ3n) is 3.24. The van der Waals surface area contributed by atoms with Gasteiger partial charge in [0.25, 0.3) is 5.56 Å². The Morgan fingerprint density at radius 2 is 2.12 bits per heavy atom. The lowest BCUT2D eigenvalue weighted by Crippen LogP contribution is -2.38. The summed E-state index contributed by atoms with van der Waals surface area (Å²) < 4.78 is 20.6. The Kier molecular flexibility index (Phi) is 5.92. The number of hydrogen-bond donors (Lipinski definition) is 1. The van der Waals surface area contributed by atoms with E-state index in [0.29, 0.717) is 13.0 Å². The molecule has 0 aliphatic rings. The van der Waals surface area contributed by atoms with Crippen LogP contribution >= 0.6 is 11.6 Å². The summed E-state index contributed by atoms with van der Waals surface area (Å²) in [5.41, 5.74) is -1.43. The van der Waals surface area contributed by atoms with Gasteiger partial charge in [-0.25, -0.2) is 9.18 Å². The highest BCUT2D eigenvalue weighted by molar-refractivity contribution is 6.33. The van der Waals surface area contributed by atoms with E-state index in [1.807, 2.05) is 6.92 Å². The highest BCUT2D eigenvalue weighted by Crippen LogP contribution is 2.26. The summed E-state index contributed by atoms with van der Waals surface area (Å²) >= 11 is 5.96. The molecule has 0 aliphatic carbocycles. The van der Waals surface area contributed by atoms with Crippen LogP contribution in [0, 0.1) is 5.82 Å². The van der Waals surface area contributed by atoms with Crippen LogP contribution in [-0.2, 0) is 16.6 Å². The number of aromatic nitrogens is 3. The van der Waals surface area contributed by atoms with Crippen LogP contribution in [0.5, 0.6) is 0 Å². The van der Waals surface area contributed by atoms with Crippen LogP contribution in [0.2, 0.25) is 5.02 Å². The Morgan fingerprint density at radius 3 is 2.80 bits per heavy atom. The first-order valence-corrected chi connectivity index (χ1v) is 7.77. The summed E-state index contributed by atoms with van der Waals surface area (Å²) in [6.45, 7) is 1.97. The molecule has 0 atom stereocenters. The maximum Gasteiger partial charge on any atom is 0.352 e. The van der Waals surface area contributed by atoms with Gasteiger partial charge >= 0.3 is 11.7 Å². The average Bonchev–Trinajstić information content (AvgIpc) is 2.58. The average molecular weight is 371 g/mol. The quantitative estimate of drug-likeness (QED) is 0.765. The first-order chi connectivity index (χ1) is 11.8. The van der Waals surface area contributed by atoms with E-state index in [0.717, 1.165) is 21.5 Å². The first-order valence-electron chi connectivity index (χ1n) is 7.39. The number of ether oxygens (including phenoxy) is 1. The zero-order valence-corrected chi connectivity index (χ0v) is 14.3. The zero-order chi connectivity index (χ0) is 18.6. The van der Waals surface area contributed by atoms with E-state index in [1.54, 1.807) is 0 Å². The van der Waals surface area contributed by atoms with Crippen molar-refractivity contribution >= 4 is 23.3 Å². The lowest BCUT2D eigenvalue weighted by molar-refractivity contribution is -0.141. The van der Waals surface area contributed by atoms with E-state index in [1.165, 1.54) is 13.1 Å². The fraction of sp³-hybridized carbons (Fsp3) is 0.333. The summed E-state index contributed by atoms with van der Waals surface area (Å²) in [7, 11) is 1.25. The molecule has 0 radical (unpaired) electrons. The first kappa shape index (κ1) is 18.7. The SMILES string of the molecule is CCCOC(=O)CNc1cc(-n2ncc(=O)n(C)c2=O)c(F)cc1Cl. The topological polar surface area (TPSA) is 95.2 Å². The lowest BCUT2D eigenvalue weighted by atomic mass is 10.2. The molecule has 0 bridgehead atoms. The van der Waals surface area contributed by atoms with Crippen molar-refractivity contribution in [3.63, 3.8) is 0 Å². The van der Waals surface area contributed by atoms with Crippen molar-refractivity contribution in [1.29, 1.82) is 0 Å². The third kappa shape index (κ3) is 4.24. The molecule has 0 saturated heterocycles. The minimum absolute atomic E-state index is 0.0161. The van der Waals surface area contributed by atoms with Crippen molar-refractivity contribution < 1.29 is 13.9 Å². The van der Waals surface area contributed by atoms with Crippen molar-refractivity contribution in [2.45, 2.75) is 13.3 Å². The summed E-state index contributed by atoms with van der Waals surface area (Å²) in [6, 6.07) is 2.21. The highest BCUT2D eigenvalue weighted by Gasteiger charge is 2.15. The van der Waals surface area contributed by atoms with Gasteiger partial charge in [0, 0.05) is 7.05 Å².